The molecular weight excluding hydrogens is 585 g/mol. The Morgan fingerprint density at radius 3 is 1.63 bits per heavy atom. The first kappa shape index (κ1) is 43.5. The van der Waals surface area contributed by atoms with Gasteiger partial charge in [-0.1, -0.05) is 30.3 Å². The third kappa shape index (κ3) is 25.5. The fourth-order valence-corrected chi connectivity index (χ4v) is 2.38. The number of carbonyl (C=O) groups excluding carboxylic acids is 2. The Morgan fingerprint density at radius 2 is 1.28 bits per heavy atom. The van der Waals surface area contributed by atoms with Gasteiger partial charge >= 0.3 is 53.4 Å². The number of nitrogens with zero attached hydrogens (tertiary/aromatic N) is 1. The Morgan fingerprint density at radius 1 is 0.791 bits per heavy atom. The van der Waals surface area contributed by atoms with Gasteiger partial charge in [-0.3, -0.25) is 24.0 Å². The molecule has 0 spiro atoms. The van der Waals surface area contributed by atoms with Crippen LogP contribution in [0.15, 0.2) is 42.9 Å². The second-order valence-corrected chi connectivity index (χ2v) is 8.33. The van der Waals surface area contributed by atoms with Crippen molar-refractivity contribution in [3.8, 4) is 0 Å². The molecule has 234 valence electrons. The fourth-order valence-electron chi connectivity index (χ4n) is 2.38. The zero-order valence-electron chi connectivity index (χ0n) is 23.4. The molecule has 0 fully saturated rings. The van der Waals surface area contributed by atoms with Crippen LogP contribution in [-0.2, 0) is 41.6 Å². The summed E-state index contributed by atoms with van der Waals surface area (Å²) in [5, 5.41) is 43.0. The van der Waals surface area contributed by atoms with Crippen molar-refractivity contribution >= 4 is 35.8 Å². The third-order valence-corrected chi connectivity index (χ3v) is 4.64. The Labute approximate surface area is 267 Å². The molecule has 2 aromatic rings. The number of nitrogens with two attached hydrogens (primary N) is 5. The van der Waals surface area contributed by atoms with E-state index in [0.717, 1.165) is 11.3 Å². The second kappa shape index (κ2) is 24.7. The molecule has 0 saturated heterocycles. The van der Waals surface area contributed by atoms with Gasteiger partial charge < -0.3 is 64.0 Å². The van der Waals surface area contributed by atoms with Crippen molar-refractivity contribution in [2.75, 3.05) is 0 Å². The van der Waals surface area contributed by atoms with E-state index in [-0.39, 0.29) is 55.2 Å². The molecule has 15 N–H and O–H groups in total. The second-order valence-electron chi connectivity index (χ2n) is 8.33. The molecule has 1 amide bonds. The first-order chi connectivity index (χ1) is 19.5. The summed E-state index contributed by atoms with van der Waals surface area (Å²) in [6.45, 7) is 0. The van der Waals surface area contributed by atoms with E-state index in [0.29, 0.717) is 6.42 Å². The van der Waals surface area contributed by atoms with Gasteiger partial charge in [0, 0.05) is 30.8 Å². The maximum atomic E-state index is 10.4. The fraction of sp³-hybridized carbons (Fsp3) is 0.375. The molecule has 0 aliphatic rings. The van der Waals surface area contributed by atoms with Crippen LogP contribution in [0.25, 0.3) is 0 Å². The minimum Gasteiger partial charge on any atom is -0.548 e. The Hall–Kier alpha value is -3.91. The zero-order valence-corrected chi connectivity index (χ0v) is 25.4. The molecule has 19 heteroatoms. The average Bonchev–Trinajstić information content (AvgIpc) is 3.41. The summed E-state index contributed by atoms with van der Waals surface area (Å²) in [7, 11) is 0. The molecule has 0 aliphatic carbocycles. The number of imidazole rings is 1. The van der Waals surface area contributed by atoms with Crippen molar-refractivity contribution in [1.29, 1.82) is 0 Å². The van der Waals surface area contributed by atoms with Gasteiger partial charge in [-0.15, -0.1) is 0 Å². The van der Waals surface area contributed by atoms with Crippen LogP contribution >= 0.6 is 0 Å². The van der Waals surface area contributed by atoms with E-state index >= 15 is 0 Å². The van der Waals surface area contributed by atoms with Gasteiger partial charge in [-0.2, -0.15) is 0 Å². The Balaban J connectivity index is -0.000000496. The number of aromatic nitrogens is 2. The zero-order chi connectivity index (χ0) is 32.8. The van der Waals surface area contributed by atoms with E-state index in [1.165, 1.54) is 6.33 Å². The maximum absolute atomic E-state index is 10.4. The SMILES string of the molecule is NC(=O)C[C@H](N)C(=O)O.NC(Cc1ccccc1)C(=O)O.N[C@@H](CCC(=O)O)C(=O)[O-].N[C@@H](Cc1cnc[nH]1)C(=O)O.[Na+]. The van der Waals surface area contributed by atoms with E-state index in [9.17, 15) is 33.9 Å². The van der Waals surface area contributed by atoms with E-state index < -0.39 is 59.9 Å². The molecular formula is C24H36N7NaO11. The average molecular weight is 622 g/mol. The normalized spacial score (nSPS) is 12.3. The number of H-pyrrole nitrogens is 1. The smallest absolute Gasteiger partial charge is 0.548 e. The number of primary amides is 1. The summed E-state index contributed by atoms with van der Waals surface area (Å²) in [6, 6.07) is 5.36. The number of carbonyl (C=O) groups is 6. The quantitative estimate of drug-likeness (QED) is 0.0928. The van der Waals surface area contributed by atoms with Crippen LogP contribution in [0.1, 0.15) is 30.5 Å². The molecule has 1 heterocycles. The van der Waals surface area contributed by atoms with Gasteiger partial charge in [0.15, 0.2) is 0 Å². The van der Waals surface area contributed by atoms with Gasteiger partial charge in [0.25, 0.3) is 0 Å². The molecule has 0 radical (unpaired) electrons. The van der Waals surface area contributed by atoms with Crippen molar-refractivity contribution in [3.63, 3.8) is 0 Å². The third-order valence-electron chi connectivity index (χ3n) is 4.64. The van der Waals surface area contributed by atoms with Crippen LogP contribution in [0.4, 0.5) is 0 Å². The van der Waals surface area contributed by atoms with Gasteiger partial charge in [0.2, 0.25) is 5.91 Å². The molecule has 0 aliphatic heterocycles. The molecule has 0 bridgehead atoms. The van der Waals surface area contributed by atoms with Crippen molar-refractivity contribution in [2.24, 2.45) is 28.7 Å². The molecule has 18 nitrogen and oxygen atoms in total. The predicted molar refractivity (Wildman–Crippen MR) is 143 cm³/mol. The maximum Gasteiger partial charge on any atom is 1.00 e. The number of amides is 1. The van der Waals surface area contributed by atoms with Gasteiger partial charge in [0.1, 0.15) is 18.1 Å². The first-order valence-electron chi connectivity index (χ1n) is 11.9. The summed E-state index contributed by atoms with van der Waals surface area (Å²) in [4.78, 5) is 66.8. The number of aromatic amines is 1. The van der Waals surface area contributed by atoms with E-state index in [1.54, 1.807) is 6.20 Å². The molecule has 0 saturated carbocycles. The standard InChI is InChI=1S/C9H11NO2.C6H9N3O2.C5H9NO4.C4H8N2O3.Na/c10-8(9(11)12)6-7-4-2-1-3-5-7;7-5(6(10)11)1-4-2-8-3-9-4;6-3(5(9)10)1-2-4(7)8;5-2(4(8)9)1-3(6)7;/h1-5,8H,6,10H2,(H,11,12);2-3,5H,1,7H2,(H,8,9)(H,10,11);3H,1-2,6H2,(H,7,8)(H,9,10);2H,1,5H2,(H2,6,7)(H,8,9);/q;;;;+1/p-1/t;5-;3-;2-;/m.000./s1. The number of hydrogen-bond acceptors (Lipinski definition) is 12. The number of benzene rings is 1. The topological polar surface area (TPSA) is 365 Å². The van der Waals surface area contributed by atoms with Crippen molar-refractivity contribution < 1.29 is 83.9 Å². The molecule has 43 heavy (non-hydrogen) atoms. The monoisotopic (exact) mass is 621 g/mol. The summed E-state index contributed by atoms with van der Waals surface area (Å²) in [5.74, 6) is -6.35. The Kier molecular flexibility index (Phi) is 25.0. The molecule has 1 aromatic carbocycles. The Bertz CT molecular complexity index is 1120. The van der Waals surface area contributed by atoms with Gasteiger partial charge in [-0.25, -0.2) is 4.98 Å². The van der Waals surface area contributed by atoms with Crippen LogP contribution in [0.5, 0.6) is 0 Å². The molecule has 1 unspecified atom stereocenters. The largest absolute Gasteiger partial charge is 1.00 e. The van der Waals surface area contributed by atoms with Crippen molar-refractivity contribution in [2.45, 2.75) is 56.3 Å². The minimum absolute atomic E-state index is 0. The summed E-state index contributed by atoms with van der Waals surface area (Å²) in [5.41, 5.74) is 26.8. The summed E-state index contributed by atoms with van der Waals surface area (Å²) < 4.78 is 0. The number of aliphatic carboxylic acids is 5. The molecule has 2 rings (SSSR count). The number of carboxylic acid groups (broad SMARTS) is 5. The van der Waals surface area contributed by atoms with Crippen molar-refractivity contribution in [3.05, 3.63) is 54.1 Å². The van der Waals surface area contributed by atoms with Gasteiger partial charge in [0.05, 0.1) is 18.7 Å². The molecule has 4 atom stereocenters. The van der Waals surface area contributed by atoms with Gasteiger partial charge in [-0.05, 0) is 18.4 Å². The number of rotatable bonds is 13. The van der Waals surface area contributed by atoms with Crippen LogP contribution in [0.3, 0.4) is 0 Å². The van der Waals surface area contributed by atoms with E-state index in [4.69, 9.17) is 43.4 Å². The van der Waals surface area contributed by atoms with Crippen molar-refractivity contribution in [1.82, 2.24) is 9.97 Å². The first-order valence-corrected chi connectivity index (χ1v) is 11.9. The summed E-state index contributed by atoms with van der Waals surface area (Å²) in [6.07, 6.45) is 3.08. The molecule has 1 aromatic heterocycles. The van der Waals surface area contributed by atoms with Crippen LogP contribution in [0, 0.1) is 0 Å². The van der Waals surface area contributed by atoms with Crippen LogP contribution < -0.4 is 63.3 Å². The van der Waals surface area contributed by atoms with E-state index in [1.807, 2.05) is 30.3 Å². The number of hydrogen-bond donors (Lipinski definition) is 10. The summed E-state index contributed by atoms with van der Waals surface area (Å²) >= 11 is 0. The van der Waals surface area contributed by atoms with E-state index in [2.05, 4.69) is 15.7 Å². The number of carboxylic acids is 5. The van der Waals surface area contributed by atoms with Crippen LogP contribution in [-0.4, -0.2) is 90.3 Å². The van der Waals surface area contributed by atoms with Crippen LogP contribution in [0.2, 0.25) is 0 Å². The predicted octanol–water partition coefficient (Wildman–Crippen LogP) is -6.79. The minimum atomic E-state index is -1.42. The number of nitrogens with one attached hydrogen (secondary N) is 1.